The lowest BCUT2D eigenvalue weighted by Gasteiger charge is -1.98. The van der Waals surface area contributed by atoms with Crippen LogP contribution in [0.1, 0.15) is 0 Å². The van der Waals surface area contributed by atoms with Gasteiger partial charge in [0.1, 0.15) is 5.69 Å². The quantitative estimate of drug-likeness (QED) is 0.614. The van der Waals surface area contributed by atoms with Crippen molar-refractivity contribution in [3.05, 3.63) is 34.4 Å². The normalized spacial score (nSPS) is 17.7. The molecule has 2 rings (SSSR count). The second-order valence-corrected chi connectivity index (χ2v) is 4.02. The van der Waals surface area contributed by atoms with Crippen molar-refractivity contribution in [2.45, 2.75) is 0 Å². The minimum atomic E-state index is -0.418. The third-order valence-electron chi connectivity index (χ3n) is 1.92. The molecule has 6 heteroatoms. The smallest absolute Gasteiger partial charge is 0.294 e. The van der Waals surface area contributed by atoms with E-state index in [2.05, 4.69) is 10.3 Å². The van der Waals surface area contributed by atoms with Crippen molar-refractivity contribution < 1.29 is 4.92 Å². The van der Waals surface area contributed by atoms with Gasteiger partial charge in [0.05, 0.1) is 4.92 Å². The van der Waals surface area contributed by atoms with Crippen LogP contribution in [0.4, 0.5) is 11.4 Å². The molecule has 1 aliphatic heterocycles. The van der Waals surface area contributed by atoms with E-state index in [9.17, 15) is 10.1 Å². The SMILES string of the molecule is O=[N+]([O-])c1ccccc1N=C1NCCS1. The van der Waals surface area contributed by atoms with Crippen molar-refractivity contribution in [1.29, 1.82) is 0 Å². The van der Waals surface area contributed by atoms with Crippen molar-refractivity contribution in [2.75, 3.05) is 12.3 Å². The summed E-state index contributed by atoms with van der Waals surface area (Å²) >= 11 is 1.57. The van der Waals surface area contributed by atoms with Crippen molar-refractivity contribution in [3.63, 3.8) is 0 Å². The highest BCUT2D eigenvalue weighted by Gasteiger charge is 2.14. The average Bonchev–Trinajstić information content (AvgIpc) is 2.71. The Kier molecular flexibility index (Phi) is 2.86. The van der Waals surface area contributed by atoms with E-state index in [1.54, 1.807) is 30.0 Å². The minimum Gasteiger partial charge on any atom is -0.364 e. The van der Waals surface area contributed by atoms with Gasteiger partial charge in [-0.15, -0.1) is 0 Å². The molecule has 1 N–H and O–H groups in total. The maximum absolute atomic E-state index is 10.7. The molecule has 0 aliphatic carbocycles. The molecule has 0 aromatic heterocycles. The van der Waals surface area contributed by atoms with Crippen LogP contribution in [0.25, 0.3) is 0 Å². The Bertz CT molecular complexity index is 412. The molecule has 1 fully saturated rings. The summed E-state index contributed by atoms with van der Waals surface area (Å²) in [5.41, 5.74) is 0.443. The van der Waals surface area contributed by atoms with Crippen molar-refractivity contribution >= 4 is 28.3 Å². The third-order valence-corrected chi connectivity index (χ3v) is 2.83. The molecule has 1 aliphatic rings. The van der Waals surface area contributed by atoms with Crippen LogP contribution in [-0.2, 0) is 0 Å². The molecule has 15 heavy (non-hydrogen) atoms. The van der Waals surface area contributed by atoms with Crippen molar-refractivity contribution in [1.82, 2.24) is 5.32 Å². The Morgan fingerprint density at radius 3 is 2.93 bits per heavy atom. The zero-order valence-electron chi connectivity index (χ0n) is 7.84. The molecule has 78 valence electrons. The van der Waals surface area contributed by atoms with Gasteiger partial charge in [0.25, 0.3) is 5.69 Å². The summed E-state index contributed by atoms with van der Waals surface area (Å²) in [4.78, 5) is 14.5. The molecule has 1 saturated heterocycles. The van der Waals surface area contributed by atoms with E-state index >= 15 is 0 Å². The number of para-hydroxylation sites is 2. The number of rotatable bonds is 2. The Morgan fingerprint density at radius 2 is 2.27 bits per heavy atom. The van der Waals surface area contributed by atoms with E-state index < -0.39 is 4.92 Å². The summed E-state index contributed by atoms with van der Waals surface area (Å²) in [6.45, 7) is 0.865. The standard InChI is InChI=1S/C9H9N3O2S/c13-12(14)8-4-2-1-3-7(8)11-9-10-5-6-15-9/h1-4H,5-6H2,(H,10,11). The molecule has 0 atom stereocenters. The fraction of sp³-hybridized carbons (Fsp3) is 0.222. The molecule has 0 unspecified atom stereocenters. The molecule has 0 bridgehead atoms. The second-order valence-electron chi connectivity index (χ2n) is 2.94. The van der Waals surface area contributed by atoms with Gasteiger partial charge in [-0.2, -0.15) is 0 Å². The van der Waals surface area contributed by atoms with Gasteiger partial charge < -0.3 is 5.32 Å². The van der Waals surface area contributed by atoms with Gasteiger partial charge in [-0.25, -0.2) is 4.99 Å². The van der Waals surface area contributed by atoms with E-state index in [1.165, 1.54) is 6.07 Å². The van der Waals surface area contributed by atoms with Gasteiger partial charge in [-0.05, 0) is 6.07 Å². The first kappa shape index (κ1) is 9.97. The number of benzene rings is 1. The molecule has 1 aromatic carbocycles. The van der Waals surface area contributed by atoms with Crippen LogP contribution in [0.2, 0.25) is 0 Å². The largest absolute Gasteiger partial charge is 0.364 e. The number of nitro groups is 1. The van der Waals surface area contributed by atoms with Crippen LogP contribution in [-0.4, -0.2) is 22.4 Å². The Hall–Kier alpha value is -1.56. The highest BCUT2D eigenvalue weighted by molar-refractivity contribution is 8.14. The Morgan fingerprint density at radius 1 is 1.47 bits per heavy atom. The third kappa shape index (κ3) is 2.27. The number of amidine groups is 1. The van der Waals surface area contributed by atoms with Gasteiger partial charge in [0, 0.05) is 18.4 Å². The lowest BCUT2D eigenvalue weighted by atomic mass is 10.3. The van der Waals surface area contributed by atoms with E-state index in [0.717, 1.165) is 17.5 Å². The lowest BCUT2D eigenvalue weighted by Crippen LogP contribution is -2.12. The number of hydrogen-bond donors (Lipinski definition) is 1. The first-order chi connectivity index (χ1) is 7.27. The van der Waals surface area contributed by atoms with Gasteiger partial charge in [0.15, 0.2) is 5.17 Å². The molecule has 5 nitrogen and oxygen atoms in total. The summed E-state index contributed by atoms with van der Waals surface area (Å²) in [6.07, 6.45) is 0. The maximum Gasteiger partial charge on any atom is 0.294 e. The first-order valence-corrected chi connectivity index (χ1v) is 5.45. The molecular weight excluding hydrogens is 214 g/mol. The van der Waals surface area contributed by atoms with E-state index in [0.29, 0.717) is 5.69 Å². The van der Waals surface area contributed by atoms with E-state index in [-0.39, 0.29) is 5.69 Å². The number of nitrogens with one attached hydrogen (secondary N) is 1. The van der Waals surface area contributed by atoms with Crippen LogP contribution >= 0.6 is 11.8 Å². The highest BCUT2D eigenvalue weighted by atomic mass is 32.2. The summed E-state index contributed by atoms with van der Waals surface area (Å²) in [5, 5.41) is 14.5. The zero-order chi connectivity index (χ0) is 10.7. The number of thioether (sulfide) groups is 1. The number of hydrogen-bond acceptors (Lipinski definition) is 4. The average molecular weight is 223 g/mol. The van der Waals surface area contributed by atoms with Crippen LogP contribution in [0.5, 0.6) is 0 Å². The molecule has 1 aromatic rings. The number of aliphatic imine (C=N–C) groups is 1. The number of nitrogens with zero attached hydrogens (tertiary/aromatic N) is 2. The Labute approximate surface area is 90.7 Å². The summed E-state index contributed by atoms with van der Waals surface area (Å²) in [6, 6.07) is 6.48. The van der Waals surface area contributed by atoms with Crippen molar-refractivity contribution in [3.8, 4) is 0 Å². The number of nitro benzene ring substituents is 1. The molecule has 0 radical (unpaired) electrons. The van der Waals surface area contributed by atoms with Crippen LogP contribution in [0.15, 0.2) is 29.3 Å². The highest BCUT2D eigenvalue weighted by Crippen LogP contribution is 2.27. The van der Waals surface area contributed by atoms with E-state index in [1.807, 2.05) is 0 Å². The van der Waals surface area contributed by atoms with Gasteiger partial charge in [-0.3, -0.25) is 10.1 Å². The topological polar surface area (TPSA) is 67.5 Å². The zero-order valence-corrected chi connectivity index (χ0v) is 8.66. The van der Waals surface area contributed by atoms with Gasteiger partial charge in [-0.1, -0.05) is 23.9 Å². The molecular formula is C9H9N3O2S. The summed E-state index contributed by atoms with van der Waals surface area (Å²) < 4.78 is 0. The van der Waals surface area contributed by atoms with E-state index in [4.69, 9.17) is 0 Å². The molecule has 0 saturated carbocycles. The fourth-order valence-corrected chi connectivity index (χ4v) is 2.02. The monoisotopic (exact) mass is 223 g/mol. The molecule has 0 amide bonds. The van der Waals surface area contributed by atoms with Gasteiger partial charge >= 0.3 is 0 Å². The minimum absolute atomic E-state index is 0.0410. The van der Waals surface area contributed by atoms with Crippen LogP contribution in [0.3, 0.4) is 0 Å². The molecule has 1 heterocycles. The second kappa shape index (κ2) is 4.31. The molecule has 0 spiro atoms. The Balaban J connectivity index is 2.34. The predicted molar refractivity (Wildman–Crippen MR) is 60.7 cm³/mol. The summed E-state index contributed by atoms with van der Waals surface area (Å²) in [5.74, 6) is 0.958. The predicted octanol–water partition coefficient (Wildman–Crippen LogP) is 1.92. The first-order valence-electron chi connectivity index (χ1n) is 4.46. The maximum atomic E-state index is 10.7. The van der Waals surface area contributed by atoms with Crippen LogP contribution in [0, 0.1) is 10.1 Å². The fourth-order valence-electron chi connectivity index (χ4n) is 1.25. The van der Waals surface area contributed by atoms with Gasteiger partial charge in [0.2, 0.25) is 0 Å². The summed E-state index contributed by atoms with van der Waals surface area (Å²) in [7, 11) is 0. The van der Waals surface area contributed by atoms with Crippen LogP contribution < -0.4 is 5.32 Å². The lowest BCUT2D eigenvalue weighted by molar-refractivity contribution is -0.384. The van der Waals surface area contributed by atoms with Crippen molar-refractivity contribution in [2.24, 2.45) is 4.99 Å².